The molecule has 2 heterocycles. The average Bonchev–Trinajstić information content (AvgIpc) is 2.87. The Bertz CT molecular complexity index is 804. The molecule has 3 rings (SSSR count). The number of hydrogen-bond acceptors (Lipinski definition) is 4. The number of carbonyl (C=O) groups excluding carboxylic acids is 1. The van der Waals surface area contributed by atoms with Crippen molar-refractivity contribution >= 4 is 56.2 Å². The van der Waals surface area contributed by atoms with Gasteiger partial charge in [0.1, 0.15) is 0 Å². The summed E-state index contributed by atoms with van der Waals surface area (Å²) in [4.78, 5) is 23.7. The van der Waals surface area contributed by atoms with Crippen LogP contribution in [0.3, 0.4) is 0 Å². The van der Waals surface area contributed by atoms with E-state index in [9.17, 15) is 4.79 Å². The number of nitrogens with zero attached hydrogens (tertiary/aromatic N) is 2. The van der Waals surface area contributed by atoms with E-state index in [-0.39, 0.29) is 5.78 Å². The van der Waals surface area contributed by atoms with Crippen LogP contribution in [0.5, 0.6) is 0 Å². The van der Waals surface area contributed by atoms with Crippen LogP contribution in [0.4, 0.5) is 0 Å². The lowest BCUT2D eigenvalue weighted by Gasteiger charge is -1.99. The second kappa shape index (κ2) is 6.17. The summed E-state index contributed by atoms with van der Waals surface area (Å²) < 4.78 is 0.882. The van der Waals surface area contributed by atoms with Crippen LogP contribution in [0.2, 0.25) is 5.02 Å². The number of aromatic nitrogens is 3. The van der Waals surface area contributed by atoms with Crippen molar-refractivity contribution in [2.45, 2.75) is 5.16 Å². The number of nitrogens with one attached hydrogen (secondary N) is 1. The summed E-state index contributed by atoms with van der Waals surface area (Å²) in [5.41, 5.74) is 2.12. The van der Waals surface area contributed by atoms with E-state index in [1.54, 1.807) is 30.5 Å². The minimum Gasteiger partial charge on any atom is -0.331 e. The number of pyridine rings is 1. The molecule has 0 bridgehead atoms. The maximum absolute atomic E-state index is 12.1. The zero-order chi connectivity index (χ0) is 14.8. The van der Waals surface area contributed by atoms with Crippen LogP contribution in [0.1, 0.15) is 10.4 Å². The molecule has 1 aromatic carbocycles. The van der Waals surface area contributed by atoms with Gasteiger partial charge in [-0.2, -0.15) is 0 Å². The van der Waals surface area contributed by atoms with Crippen LogP contribution in [-0.2, 0) is 0 Å². The van der Waals surface area contributed by atoms with Gasteiger partial charge < -0.3 is 4.98 Å². The maximum Gasteiger partial charge on any atom is 0.178 e. The molecule has 0 aliphatic heterocycles. The van der Waals surface area contributed by atoms with Crippen molar-refractivity contribution in [2.24, 2.45) is 0 Å². The molecule has 2 aromatic heterocycles. The highest BCUT2D eigenvalue weighted by molar-refractivity contribution is 9.10. The number of halogens is 2. The molecule has 0 aliphatic rings. The van der Waals surface area contributed by atoms with Gasteiger partial charge in [0.15, 0.2) is 16.6 Å². The lowest BCUT2D eigenvalue weighted by atomic mass is 10.1. The van der Waals surface area contributed by atoms with Crippen LogP contribution in [0.15, 0.2) is 46.2 Å². The van der Waals surface area contributed by atoms with E-state index >= 15 is 0 Å². The zero-order valence-electron chi connectivity index (χ0n) is 10.6. The van der Waals surface area contributed by atoms with E-state index < -0.39 is 0 Å². The predicted molar refractivity (Wildman–Crippen MR) is 88.1 cm³/mol. The summed E-state index contributed by atoms with van der Waals surface area (Å²) in [7, 11) is 0. The fourth-order valence-electron chi connectivity index (χ4n) is 1.77. The molecule has 0 amide bonds. The van der Waals surface area contributed by atoms with E-state index in [0.29, 0.717) is 27.1 Å². The van der Waals surface area contributed by atoms with E-state index in [0.717, 1.165) is 9.99 Å². The zero-order valence-corrected chi connectivity index (χ0v) is 13.8. The normalized spacial score (nSPS) is 11.0. The summed E-state index contributed by atoms with van der Waals surface area (Å²) in [6, 6.07) is 8.77. The van der Waals surface area contributed by atoms with Crippen LogP contribution < -0.4 is 0 Å². The standard InChI is InChI=1S/C14H9BrClN3OS/c15-9-5-11-13(17-6-9)19-14(18-11)21-7-12(20)8-1-3-10(16)4-2-8/h1-6H,7H2,(H,17,18,19). The SMILES string of the molecule is O=C(CSc1nc2ncc(Br)cc2[nH]1)c1ccc(Cl)cc1. The number of ketones is 1. The first-order valence-electron chi connectivity index (χ1n) is 6.04. The molecule has 0 unspecified atom stereocenters. The molecule has 7 heteroatoms. The Kier molecular flexibility index (Phi) is 4.28. The Morgan fingerprint density at radius 3 is 2.86 bits per heavy atom. The van der Waals surface area contributed by atoms with E-state index in [4.69, 9.17) is 11.6 Å². The number of aromatic amines is 1. The molecule has 4 nitrogen and oxygen atoms in total. The molecule has 1 N–H and O–H groups in total. The van der Waals surface area contributed by atoms with Gasteiger partial charge in [-0.3, -0.25) is 4.79 Å². The average molecular weight is 383 g/mol. The summed E-state index contributed by atoms with van der Waals surface area (Å²) in [5.74, 6) is 0.342. The Hall–Kier alpha value is -1.37. The number of rotatable bonds is 4. The van der Waals surface area contributed by atoms with Gasteiger partial charge in [-0.25, -0.2) is 9.97 Å². The van der Waals surface area contributed by atoms with Crippen molar-refractivity contribution in [2.75, 3.05) is 5.75 Å². The predicted octanol–water partition coefficient (Wildman–Crippen LogP) is 4.35. The lowest BCUT2D eigenvalue weighted by Crippen LogP contribution is -2.02. The summed E-state index contributed by atoms with van der Waals surface area (Å²) in [6.45, 7) is 0. The van der Waals surface area contributed by atoms with E-state index in [1.165, 1.54) is 11.8 Å². The second-order valence-electron chi connectivity index (χ2n) is 4.29. The molecular formula is C14H9BrClN3OS. The molecule has 0 atom stereocenters. The number of Topliss-reactive ketones (excluding diaryl/α,β-unsaturated/α-hetero) is 1. The highest BCUT2D eigenvalue weighted by Crippen LogP contribution is 2.21. The number of hydrogen-bond donors (Lipinski definition) is 1. The van der Waals surface area contributed by atoms with Crippen LogP contribution >= 0.6 is 39.3 Å². The summed E-state index contributed by atoms with van der Waals surface area (Å²) in [5, 5.41) is 1.30. The quantitative estimate of drug-likeness (QED) is 0.538. The van der Waals surface area contributed by atoms with E-state index in [2.05, 4.69) is 30.9 Å². The topological polar surface area (TPSA) is 58.6 Å². The molecule has 0 aliphatic carbocycles. The van der Waals surface area contributed by atoms with Crippen molar-refractivity contribution in [1.82, 2.24) is 15.0 Å². The number of carbonyl (C=O) groups is 1. The van der Waals surface area contributed by atoms with Crippen LogP contribution in [0.25, 0.3) is 11.2 Å². The Labute approximate surface area is 138 Å². The Morgan fingerprint density at radius 1 is 1.33 bits per heavy atom. The van der Waals surface area contributed by atoms with Gasteiger partial charge >= 0.3 is 0 Å². The van der Waals surface area contributed by atoms with Gasteiger partial charge in [-0.1, -0.05) is 23.4 Å². The Balaban J connectivity index is 1.71. The number of benzene rings is 1. The Morgan fingerprint density at radius 2 is 2.10 bits per heavy atom. The van der Waals surface area contributed by atoms with E-state index in [1.807, 2.05) is 6.07 Å². The largest absolute Gasteiger partial charge is 0.331 e. The van der Waals surface area contributed by atoms with Crippen LogP contribution in [0, 0.1) is 0 Å². The molecule has 106 valence electrons. The van der Waals surface area contributed by atoms with Gasteiger partial charge in [0, 0.05) is 21.3 Å². The molecule has 3 aromatic rings. The molecule has 0 saturated carbocycles. The summed E-state index contributed by atoms with van der Waals surface area (Å²) in [6.07, 6.45) is 1.69. The molecule has 0 radical (unpaired) electrons. The van der Waals surface area contributed by atoms with Gasteiger partial charge in [0.05, 0.1) is 11.3 Å². The minimum atomic E-state index is 0.0336. The van der Waals surface area contributed by atoms with Crippen molar-refractivity contribution in [3.8, 4) is 0 Å². The molecule has 0 fully saturated rings. The highest BCUT2D eigenvalue weighted by atomic mass is 79.9. The molecular weight excluding hydrogens is 374 g/mol. The van der Waals surface area contributed by atoms with Gasteiger partial charge in [0.2, 0.25) is 0 Å². The fourth-order valence-corrected chi connectivity index (χ4v) is 3.00. The summed E-state index contributed by atoms with van der Waals surface area (Å²) >= 11 is 10.5. The van der Waals surface area contributed by atoms with Crippen molar-refractivity contribution < 1.29 is 4.79 Å². The van der Waals surface area contributed by atoms with Crippen LogP contribution in [-0.4, -0.2) is 26.5 Å². The van der Waals surface area contributed by atoms with Gasteiger partial charge in [-0.05, 0) is 46.3 Å². The van der Waals surface area contributed by atoms with Crippen molar-refractivity contribution in [3.63, 3.8) is 0 Å². The highest BCUT2D eigenvalue weighted by Gasteiger charge is 2.10. The monoisotopic (exact) mass is 381 g/mol. The first-order valence-corrected chi connectivity index (χ1v) is 8.20. The van der Waals surface area contributed by atoms with Gasteiger partial charge in [0.25, 0.3) is 0 Å². The third-order valence-electron chi connectivity index (χ3n) is 2.79. The first kappa shape index (κ1) is 14.6. The van der Waals surface area contributed by atoms with Crippen molar-refractivity contribution in [1.29, 1.82) is 0 Å². The number of thioether (sulfide) groups is 1. The smallest absolute Gasteiger partial charge is 0.178 e. The first-order chi connectivity index (χ1) is 10.1. The second-order valence-corrected chi connectivity index (χ2v) is 6.60. The van der Waals surface area contributed by atoms with Crippen molar-refractivity contribution in [3.05, 3.63) is 51.6 Å². The molecule has 0 spiro atoms. The third kappa shape index (κ3) is 3.45. The number of fused-ring (bicyclic) bond motifs is 1. The molecule has 0 saturated heterocycles. The third-order valence-corrected chi connectivity index (χ3v) is 4.35. The maximum atomic E-state index is 12.1. The number of H-pyrrole nitrogens is 1. The lowest BCUT2D eigenvalue weighted by molar-refractivity contribution is 0.102. The van der Waals surface area contributed by atoms with Gasteiger partial charge in [-0.15, -0.1) is 0 Å². The molecule has 21 heavy (non-hydrogen) atoms. The minimum absolute atomic E-state index is 0.0336. The fraction of sp³-hybridized carbons (Fsp3) is 0.0714. The number of imidazole rings is 1.